The van der Waals surface area contributed by atoms with E-state index in [0.29, 0.717) is 10.6 Å². The fourth-order valence-corrected chi connectivity index (χ4v) is 2.65. The molecule has 1 amide bonds. The van der Waals surface area contributed by atoms with Crippen LogP contribution in [0.25, 0.3) is 4.96 Å². The highest BCUT2D eigenvalue weighted by atomic mass is 32.1. The molecular formula is C15H10F3N3O3S. The lowest BCUT2D eigenvalue weighted by atomic mass is 10.2. The fourth-order valence-electron chi connectivity index (χ4n) is 1.98. The maximum Gasteiger partial charge on any atom is 0.422 e. The molecule has 0 aliphatic heterocycles. The number of anilines is 1. The van der Waals surface area contributed by atoms with Gasteiger partial charge in [0.05, 0.1) is 0 Å². The van der Waals surface area contributed by atoms with Gasteiger partial charge in [0.15, 0.2) is 11.6 Å². The van der Waals surface area contributed by atoms with Gasteiger partial charge in [-0.1, -0.05) is 0 Å². The summed E-state index contributed by atoms with van der Waals surface area (Å²) in [6, 6.07) is 5.32. The first-order valence-electron chi connectivity index (χ1n) is 6.89. The molecular weight excluding hydrogens is 359 g/mol. The molecule has 10 heteroatoms. The second-order valence-electron chi connectivity index (χ2n) is 4.91. The molecule has 6 nitrogen and oxygen atoms in total. The summed E-state index contributed by atoms with van der Waals surface area (Å²) in [7, 11) is 0. The molecule has 1 N–H and O–H groups in total. The predicted octanol–water partition coefficient (Wildman–Crippen LogP) is 2.95. The van der Waals surface area contributed by atoms with Crippen molar-refractivity contribution in [1.29, 1.82) is 0 Å². The summed E-state index contributed by atoms with van der Waals surface area (Å²) in [6.45, 7) is -1.40. The van der Waals surface area contributed by atoms with Gasteiger partial charge in [-0.3, -0.25) is 14.0 Å². The highest BCUT2D eigenvalue weighted by molar-refractivity contribution is 7.15. The quantitative estimate of drug-likeness (QED) is 0.768. The molecule has 0 aliphatic carbocycles. The number of aromatic nitrogens is 2. The van der Waals surface area contributed by atoms with E-state index in [1.165, 1.54) is 52.4 Å². The third-order valence-corrected chi connectivity index (χ3v) is 3.87. The number of hydrogen-bond acceptors (Lipinski definition) is 5. The molecule has 0 spiro atoms. The number of carbonyl (C=O) groups excluding carboxylic acids is 1. The first-order chi connectivity index (χ1) is 11.8. The Balaban J connectivity index is 1.72. The Bertz CT molecular complexity index is 964. The first-order valence-corrected chi connectivity index (χ1v) is 7.77. The summed E-state index contributed by atoms with van der Waals surface area (Å²) in [5.74, 6) is -0.654. The molecule has 0 bridgehead atoms. The molecule has 0 atom stereocenters. The highest BCUT2D eigenvalue weighted by Crippen LogP contribution is 2.20. The maximum atomic E-state index is 12.2. The number of nitrogens with zero attached hydrogens (tertiary/aromatic N) is 2. The zero-order chi connectivity index (χ0) is 18.0. The van der Waals surface area contributed by atoms with Crippen LogP contribution in [0, 0.1) is 0 Å². The van der Waals surface area contributed by atoms with Crippen molar-refractivity contribution >= 4 is 27.9 Å². The van der Waals surface area contributed by atoms with Crippen molar-refractivity contribution in [2.24, 2.45) is 0 Å². The highest BCUT2D eigenvalue weighted by Gasteiger charge is 2.28. The molecule has 25 heavy (non-hydrogen) atoms. The normalized spacial score (nSPS) is 11.5. The van der Waals surface area contributed by atoms with Crippen molar-refractivity contribution in [2.75, 3.05) is 11.9 Å². The minimum atomic E-state index is -4.43. The molecule has 0 radical (unpaired) electrons. The average molecular weight is 369 g/mol. The van der Waals surface area contributed by atoms with Crippen LogP contribution in [0.15, 0.2) is 46.8 Å². The third-order valence-electron chi connectivity index (χ3n) is 3.10. The Hall–Kier alpha value is -2.88. The molecule has 0 saturated heterocycles. The van der Waals surface area contributed by atoms with E-state index in [9.17, 15) is 22.8 Å². The van der Waals surface area contributed by atoms with Crippen LogP contribution in [0.3, 0.4) is 0 Å². The van der Waals surface area contributed by atoms with Gasteiger partial charge in [-0.25, -0.2) is 4.98 Å². The number of hydrogen-bond donors (Lipinski definition) is 1. The summed E-state index contributed by atoms with van der Waals surface area (Å²) in [6.07, 6.45) is -1.73. The van der Waals surface area contributed by atoms with Crippen LogP contribution in [-0.2, 0) is 0 Å². The maximum absolute atomic E-state index is 12.2. The Kier molecular flexibility index (Phi) is 4.45. The van der Waals surface area contributed by atoms with Crippen LogP contribution in [0.4, 0.5) is 18.9 Å². The van der Waals surface area contributed by atoms with Crippen molar-refractivity contribution in [2.45, 2.75) is 6.18 Å². The summed E-state index contributed by atoms with van der Waals surface area (Å²) < 4.78 is 42.1. The summed E-state index contributed by atoms with van der Waals surface area (Å²) in [5.41, 5.74) is -0.346. The summed E-state index contributed by atoms with van der Waals surface area (Å²) in [4.78, 5) is 28.9. The Morgan fingerprint density at radius 3 is 2.68 bits per heavy atom. The summed E-state index contributed by atoms with van der Waals surface area (Å²) in [5, 5.41) is 4.16. The molecule has 3 aromatic rings. The number of nitrogens with one attached hydrogen (secondary N) is 1. The topological polar surface area (TPSA) is 72.7 Å². The molecule has 3 rings (SSSR count). The van der Waals surface area contributed by atoms with E-state index in [0.717, 1.165) is 0 Å². The SMILES string of the molecule is O=C(Nc1ccc(OCC(F)(F)F)cc1)c1cnc2sccn2c1=O. The standard InChI is InChI=1S/C15H10F3N3O3S/c16-15(17,18)8-24-10-3-1-9(2-4-10)20-12(22)11-7-19-14-21(13(11)23)5-6-25-14/h1-7H,8H2,(H,20,22). The Morgan fingerprint density at radius 2 is 2.00 bits per heavy atom. The van der Waals surface area contributed by atoms with Gasteiger partial charge < -0.3 is 10.1 Å². The van der Waals surface area contributed by atoms with Crippen molar-refractivity contribution in [3.05, 3.63) is 58.0 Å². The van der Waals surface area contributed by atoms with Gasteiger partial charge in [0.1, 0.15) is 11.3 Å². The van der Waals surface area contributed by atoms with Crippen molar-refractivity contribution in [3.8, 4) is 5.75 Å². The number of thiazole rings is 1. The van der Waals surface area contributed by atoms with E-state index in [1.54, 1.807) is 5.38 Å². The molecule has 0 unspecified atom stereocenters. The third kappa shape index (κ3) is 3.97. The van der Waals surface area contributed by atoms with Gasteiger partial charge in [-0.05, 0) is 24.3 Å². The monoisotopic (exact) mass is 369 g/mol. The second kappa shape index (κ2) is 6.55. The molecule has 2 aromatic heterocycles. The number of carbonyl (C=O) groups is 1. The predicted molar refractivity (Wildman–Crippen MR) is 85.3 cm³/mol. The van der Waals surface area contributed by atoms with E-state index < -0.39 is 24.2 Å². The van der Waals surface area contributed by atoms with Crippen LogP contribution in [0.2, 0.25) is 0 Å². The van der Waals surface area contributed by atoms with Gasteiger partial charge in [0.2, 0.25) is 0 Å². The van der Waals surface area contributed by atoms with E-state index in [2.05, 4.69) is 15.0 Å². The number of ether oxygens (including phenoxy) is 1. The van der Waals surface area contributed by atoms with Crippen LogP contribution < -0.4 is 15.6 Å². The van der Waals surface area contributed by atoms with Crippen LogP contribution >= 0.6 is 11.3 Å². The minimum Gasteiger partial charge on any atom is -0.484 e. The van der Waals surface area contributed by atoms with Gasteiger partial charge >= 0.3 is 6.18 Å². The Morgan fingerprint density at radius 1 is 1.28 bits per heavy atom. The van der Waals surface area contributed by atoms with Crippen molar-refractivity contribution in [3.63, 3.8) is 0 Å². The molecule has 130 valence electrons. The summed E-state index contributed by atoms with van der Waals surface area (Å²) >= 11 is 1.26. The number of alkyl halides is 3. The lowest BCUT2D eigenvalue weighted by Crippen LogP contribution is -2.25. The number of halogens is 3. The molecule has 1 aromatic carbocycles. The zero-order valence-corrected chi connectivity index (χ0v) is 13.2. The molecule has 0 fully saturated rings. The smallest absolute Gasteiger partial charge is 0.422 e. The molecule has 0 saturated carbocycles. The molecule has 2 heterocycles. The van der Waals surface area contributed by atoms with Gasteiger partial charge in [-0.2, -0.15) is 13.2 Å². The lowest BCUT2D eigenvalue weighted by molar-refractivity contribution is -0.153. The average Bonchev–Trinajstić information content (AvgIpc) is 3.03. The Labute approximate surface area is 142 Å². The van der Waals surface area contributed by atoms with Gasteiger partial charge in [-0.15, -0.1) is 11.3 Å². The number of amides is 1. The van der Waals surface area contributed by atoms with E-state index in [1.807, 2.05) is 0 Å². The van der Waals surface area contributed by atoms with Crippen LogP contribution in [-0.4, -0.2) is 28.1 Å². The first kappa shape index (κ1) is 17.0. The van der Waals surface area contributed by atoms with E-state index >= 15 is 0 Å². The van der Waals surface area contributed by atoms with E-state index in [4.69, 9.17) is 0 Å². The number of benzene rings is 1. The van der Waals surface area contributed by atoms with Crippen molar-refractivity contribution in [1.82, 2.24) is 9.38 Å². The van der Waals surface area contributed by atoms with Gasteiger partial charge in [0, 0.05) is 23.5 Å². The largest absolute Gasteiger partial charge is 0.484 e. The van der Waals surface area contributed by atoms with Crippen LogP contribution in [0.5, 0.6) is 5.75 Å². The second-order valence-corrected chi connectivity index (χ2v) is 5.79. The van der Waals surface area contributed by atoms with E-state index in [-0.39, 0.29) is 11.3 Å². The lowest BCUT2D eigenvalue weighted by Gasteiger charge is -2.10. The number of rotatable bonds is 4. The van der Waals surface area contributed by atoms with Crippen molar-refractivity contribution < 1.29 is 22.7 Å². The fraction of sp³-hybridized carbons (Fsp3) is 0.133. The number of fused-ring (bicyclic) bond motifs is 1. The minimum absolute atomic E-state index is 0.0109. The van der Waals surface area contributed by atoms with Crippen LogP contribution in [0.1, 0.15) is 10.4 Å². The zero-order valence-electron chi connectivity index (χ0n) is 12.4. The van der Waals surface area contributed by atoms with Gasteiger partial charge in [0.25, 0.3) is 11.5 Å². The molecule has 0 aliphatic rings.